The molecule has 0 fully saturated rings. The average molecular weight is 391 g/mol. The Kier molecular flexibility index (Phi) is 4.11. The van der Waals surface area contributed by atoms with E-state index in [4.69, 9.17) is 19.9 Å². The Morgan fingerprint density at radius 3 is 2.62 bits per heavy atom. The van der Waals surface area contributed by atoms with E-state index in [1.54, 1.807) is 20.3 Å². The highest BCUT2D eigenvalue weighted by atomic mass is 79.9. The second-order valence-electron chi connectivity index (χ2n) is 5.22. The summed E-state index contributed by atoms with van der Waals surface area (Å²) in [6.45, 7) is 1.87. The van der Waals surface area contributed by atoms with E-state index >= 15 is 0 Å². The van der Waals surface area contributed by atoms with Gasteiger partial charge in [-0.3, -0.25) is 5.10 Å². The zero-order valence-corrected chi connectivity index (χ0v) is 14.9. The number of methoxy groups -OCH3 is 2. The van der Waals surface area contributed by atoms with E-state index < -0.39 is 5.92 Å². The van der Waals surface area contributed by atoms with Gasteiger partial charge in [0.2, 0.25) is 11.8 Å². The van der Waals surface area contributed by atoms with Crippen LogP contribution >= 0.6 is 15.9 Å². The molecule has 0 unspecified atom stereocenters. The molecular formula is C16H15BrN4O3. The van der Waals surface area contributed by atoms with Crippen molar-refractivity contribution >= 4 is 15.9 Å². The second kappa shape index (κ2) is 6.09. The molecule has 124 valence electrons. The number of fused-ring (bicyclic) bond motifs is 1. The van der Waals surface area contributed by atoms with Gasteiger partial charge < -0.3 is 19.9 Å². The minimum absolute atomic E-state index is 0.0446. The van der Waals surface area contributed by atoms with Crippen LogP contribution in [0.1, 0.15) is 22.7 Å². The lowest BCUT2D eigenvalue weighted by atomic mass is 9.84. The Hall–Kier alpha value is -2.66. The van der Waals surface area contributed by atoms with Crippen LogP contribution in [0.4, 0.5) is 0 Å². The molecule has 3 N–H and O–H groups in total. The van der Waals surface area contributed by atoms with E-state index in [1.807, 2.05) is 13.0 Å². The number of nitrogens with one attached hydrogen (secondary N) is 1. The molecule has 8 heteroatoms. The summed E-state index contributed by atoms with van der Waals surface area (Å²) < 4.78 is 16.9. The van der Waals surface area contributed by atoms with E-state index in [-0.39, 0.29) is 5.88 Å². The number of aromatic amines is 1. The molecule has 0 aliphatic carbocycles. The van der Waals surface area contributed by atoms with Crippen LogP contribution in [0, 0.1) is 18.3 Å². The van der Waals surface area contributed by atoms with Gasteiger partial charge in [-0.25, -0.2) is 0 Å². The van der Waals surface area contributed by atoms with Gasteiger partial charge in [0.05, 0.1) is 20.1 Å². The molecule has 3 rings (SSSR count). The molecule has 0 amide bonds. The summed E-state index contributed by atoms with van der Waals surface area (Å²) in [4.78, 5) is 0. The first kappa shape index (κ1) is 16.2. The van der Waals surface area contributed by atoms with Crippen LogP contribution in [0.25, 0.3) is 0 Å². The number of H-pyrrole nitrogens is 1. The second-order valence-corrected chi connectivity index (χ2v) is 6.08. The van der Waals surface area contributed by atoms with E-state index in [2.05, 4.69) is 32.2 Å². The van der Waals surface area contributed by atoms with Crippen molar-refractivity contribution in [2.75, 3.05) is 14.2 Å². The van der Waals surface area contributed by atoms with Crippen LogP contribution in [-0.2, 0) is 0 Å². The third-order valence-corrected chi connectivity index (χ3v) is 4.63. The number of hydrogen-bond donors (Lipinski definition) is 2. The summed E-state index contributed by atoms with van der Waals surface area (Å²) in [6.07, 6.45) is 0. The summed E-state index contributed by atoms with van der Waals surface area (Å²) >= 11 is 3.55. The molecule has 2 aromatic rings. The van der Waals surface area contributed by atoms with Gasteiger partial charge in [0, 0.05) is 15.7 Å². The third kappa shape index (κ3) is 2.37. The molecule has 24 heavy (non-hydrogen) atoms. The van der Waals surface area contributed by atoms with E-state index in [9.17, 15) is 5.26 Å². The molecular weight excluding hydrogens is 376 g/mol. The lowest BCUT2D eigenvalue weighted by Gasteiger charge is -2.25. The fraction of sp³-hybridized carbons (Fsp3) is 0.250. The van der Waals surface area contributed by atoms with E-state index in [0.29, 0.717) is 23.0 Å². The van der Waals surface area contributed by atoms with Crippen molar-refractivity contribution in [3.63, 3.8) is 0 Å². The molecule has 0 radical (unpaired) electrons. The highest BCUT2D eigenvalue weighted by Crippen LogP contribution is 2.47. The molecule has 1 aromatic heterocycles. The van der Waals surface area contributed by atoms with Crippen molar-refractivity contribution < 1.29 is 14.2 Å². The Labute approximate surface area is 147 Å². The van der Waals surface area contributed by atoms with Crippen LogP contribution < -0.4 is 19.9 Å². The molecule has 1 aliphatic rings. The maximum atomic E-state index is 9.60. The highest BCUT2D eigenvalue weighted by molar-refractivity contribution is 9.10. The van der Waals surface area contributed by atoms with Gasteiger partial charge in [-0.1, -0.05) is 15.9 Å². The van der Waals surface area contributed by atoms with Crippen molar-refractivity contribution in [1.29, 1.82) is 5.26 Å². The number of hydrogen-bond acceptors (Lipinski definition) is 6. The molecule has 0 spiro atoms. The van der Waals surface area contributed by atoms with Gasteiger partial charge in [0.15, 0.2) is 11.5 Å². The minimum Gasteiger partial charge on any atom is -0.493 e. The summed E-state index contributed by atoms with van der Waals surface area (Å²) in [5, 5.41) is 16.6. The maximum Gasteiger partial charge on any atom is 0.244 e. The number of nitriles is 1. The van der Waals surface area contributed by atoms with Crippen LogP contribution in [0.3, 0.4) is 0 Å². The fourth-order valence-corrected chi connectivity index (χ4v) is 3.35. The molecule has 2 heterocycles. The number of nitrogens with zero attached hydrogens (tertiary/aromatic N) is 2. The quantitative estimate of drug-likeness (QED) is 0.834. The first-order chi connectivity index (χ1) is 11.5. The van der Waals surface area contributed by atoms with Gasteiger partial charge >= 0.3 is 0 Å². The molecule has 1 atom stereocenters. The number of aromatic nitrogens is 2. The average Bonchev–Trinajstić information content (AvgIpc) is 2.94. The lowest BCUT2D eigenvalue weighted by molar-refractivity contribution is 0.353. The number of benzene rings is 1. The summed E-state index contributed by atoms with van der Waals surface area (Å²) in [5.41, 5.74) is 8.63. The van der Waals surface area contributed by atoms with Crippen LogP contribution in [0.15, 0.2) is 28.1 Å². The highest BCUT2D eigenvalue weighted by Gasteiger charge is 2.35. The first-order valence-corrected chi connectivity index (χ1v) is 7.85. The molecule has 0 saturated heterocycles. The maximum absolute atomic E-state index is 9.60. The van der Waals surface area contributed by atoms with Crippen LogP contribution in [0.5, 0.6) is 17.4 Å². The largest absolute Gasteiger partial charge is 0.493 e. The summed E-state index contributed by atoms with van der Waals surface area (Å²) in [6, 6.07) is 5.76. The van der Waals surface area contributed by atoms with Gasteiger partial charge in [0.25, 0.3) is 0 Å². The van der Waals surface area contributed by atoms with Crippen LogP contribution in [-0.4, -0.2) is 24.4 Å². The van der Waals surface area contributed by atoms with Gasteiger partial charge in [-0.15, -0.1) is 5.10 Å². The normalized spacial score (nSPS) is 16.2. The zero-order chi connectivity index (χ0) is 17.4. The zero-order valence-electron chi connectivity index (χ0n) is 13.3. The number of ether oxygens (including phenoxy) is 3. The monoisotopic (exact) mass is 390 g/mol. The number of nitrogens with two attached hydrogens (primary N) is 1. The molecule has 7 nitrogen and oxygen atoms in total. The van der Waals surface area contributed by atoms with Gasteiger partial charge in [0.1, 0.15) is 11.6 Å². The molecule has 1 aromatic carbocycles. The standard InChI is InChI=1S/C16H15BrN4O3/c1-7-13-14(9(6-18)15(19)24-16(13)21-20-7)8-4-11(22-2)12(23-3)5-10(8)17/h4-5,14H,19H2,1-3H3,(H,20,21)/t14-/m0/s1. The van der Waals surface area contributed by atoms with Crippen molar-refractivity contribution in [3.8, 4) is 23.4 Å². The summed E-state index contributed by atoms with van der Waals surface area (Å²) in [5.74, 6) is 1.13. The van der Waals surface area contributed by atoms with Crippen LogP contribution in [0.2, 0.25) is 0 Å². The van der Waals surface area contributed by atoms with Crippen molar-refractivity contribution in [3.05, 3.63) is 44.9 Å². The SMILES string of the molecule is COc1cc(Br)c([C@H]2C(C#N)=C(N)Oc3n[nH]c(C)c32)cc1OC. The van der Waals surface area contributed by atoms with Crippen molar-refractivity contribution in [2.45, 2.75) is 12.8 Å². The smallest absolute Gasteiger partial charge is 0.244 e. The fourth-order valence-electron chi connectivity index (χ4n) is 2.80. The Morgan fingerprint density at radius 2 is 2.00 bits per heavy atom. The van der Waals surface area contributed by atoms with Gasteiger partial charge in [-0.05, 0) is 24.6 Å². The number of allylic oxidation sites excluding steroid dienone is 1. The Balaban J connectivity index is 2.28. The number of halogens is 1. The Bertz CT molecular complexity index is 882. The van der Waals surface area contributed by atoms with Crippen molar-refractivity contribution in [1.82, 2.24) is 10.2 Å². The number of rotatable bonds is 3. The molecule has 1 aliphatic heterocycles. The summed E-state index contributed by atoms with van der Waals surface area (Å²) in [7, 11) is 3.12. The minimum atomic E-state index is -0.424. The molecule has 0 bridgehead atoms. The predicted molar refractivity (Wildman–Crippen MR) is 89.9 cm³/mol. The van der Waals surface area contributed by atoms with E-state index in [0.717, 1.165) is 21.3 Å². The van der Waals surface area contributed by atoms with Gasteiger partial charge in [-0.2, -0.15) is 5.26 Å². The van der Waals surface area contributed by atoms with Crippen molar-refractivity contribution in [2.24, 2.45) is 5.73 Å². The van der Waals surface area contributed by atoms with E-state index in [1.165, 1.54) is 0 Å². The molecule has 0 saturated carbocycles. The third-order valence-electron chi connectivity index (χ3n) is 3.94. The first-order valence-electron chi connectivity index (χ1n) is 7.05. The predicted octanol–water partition coefficient (Wildman–Crippen LogP) is 2.72. The number of aryl methyl sites for hydroxylation is 1. The Morgan fingerprint density at radius 1 is 1.33 bits per heavy atom. The lowest BCUT2D eigenvalue weighted by Crippen LogP contribution is -2.21. The topological polar surface area (TPSA) is 106 Å².